The highest BCUT2D eigenvalue weighted by Crippen LogP contribution is 2.36. The summed E-state index contributed by atoms with van der Waals surface area (Å²) in [6, 6.07) is 6.27. The van der Waals surface area contributed by atoms with Gasteiger partial charge in [0.25, 0.3) is 0 Å². The first-order valence-electron chi connectivity index (χ1n) is 5.87. The zero-order valence-corrected chi connectivity index (χ0v) is 11.4. The van der Waals surface area contributed by atoms with Crippen molar-refractivity contribution >= 4 is 11.8 Å². The van der Waals surface area contributed by atoms with Crippen molar-refractivity contribution in [2.45, 2.75) is 29.9 Å². The first-order chi connectivity index (χ1) is 9.44. The van der Waals surface area contributed by atoms with E-state index >= 15 is 0 Å². The first kappa shape index (κ1) is 14.9. The molecule has 1 aromatic heterocycles. The molecule has 2 rings (SSSR count). The minimum atomic E-state index is -4.25. The van der Waals surface area contributed by atoms with Gasteiger partial charge in [0.1, 0.15) is 12.2 Å². The number of hydrogen-bond donors (Lipinski definition) is 2. The van der Waals surface area contributed by atoms with Gasteiger partial charge in [-0.25, -0.2) is 4.98 Å². The van der Waals surface area contributed by atoms with E-state index in [1.807, 2.05) is 6.92 Å². The van der Waals surface area contributed by atoms with Gasteiger partial charge in [-0.05, 0) is 36.4 Å². The van der Waals surface area contributed by atoms with E-state index in [1.54, 1.807) is 12.1 Å². The molecule has 2 N–H and O–H groups in total. The van der Waals surface area contributed by atoms with Gasteiger partial charge < -0.3 is 5.32 Å². The van der Waals surface area contributed by atoms with Gasteiger partial charge in [0, 0.05) is 11.4 Å². The number of alkyl halides is 3. The predicted molar refractivity (Wildman–Crippen MR) is 70.0 cm³/mol. The number of halogens is 3. The Morgan fingerprint density at radius 2 is 2.00 bits per heavy atom. The molecule has 0 aliphatic heterocycles. The van der Waals surface area contributed by atoms with Crippen LogP contribution in [-0.4, -0.2) is 20.7 Å². The van der Waals surface area contributed by atoms with Crippen molar-refractivity contribution in [3.8, 4) is 0 Å². The van der Waals surface area contributed by atoms with Crippen LogP contribution in [0.4, 0.5) is 13.2 Å². The summed E-state index contributed by atoms with van der Waals surface area (Å²) >= 11 is -0.112. The molecule has 0 saturated carbocycles. The number of H-pyrrole nitrogens is 1. The number of hydrogen-bond acceptors (Lipinski definition) is 4. The molecule has 108 valence electrons. The molecule has 0 amide bonds. The average Bonchev–Trinajstić information content (AvgIpc) is 2.89. The van der Waals surface area contributed by atoms with Crippen LogP contribution in [-0.2, 0) is 6.54 Å². The van der Waals surface area contributed by atoms with Crippen molar-refractivity contribution in [3.05, 3.63) is 42.0 Å². The van der Waals surface area contributed by atoms with E-state index in [2.05, 4.69) is 20.5 Å². The van der Waals surface area contributed by atoms with Crippen LogP contribution in [0.3, 0.4) is 0 Å². The van der Waals surface area contributed by atoms with Crippen molar-refractivity contribution in [2.75, 3.05) is 0 Å². The third-order valence-corrected chi connectivity index (χ3v) is 3.35. The van der Waals surface area contributed by atoms with Crippen LogP contribution in [0.25, 0.3) is 0 Å². The van der Waals surface area contributed by atoms with Crippen molar-refractivity contribution in [1.82, 2.24) is 20.5 Å². The Morgan fingerprint density at radius 1 is 1.30 bits per heavy atom. The van der Waals surface area contributed by atoms with Crippen LogP contribution in [0.1, 0.15) is 24.4 Å². The number of nitrogens with one attached hydrogen (secondary N) is 2. The molecule has 8 heteroatoms. The Bertz CT molecular complexity index is 525. The Hall–Kier alpha value is -1.54. The average molecular weight is 302 g/mol. The summed E-state index contributed by atoms with van der Waals surface area (Å²) < 4.78 is 36.6. The van der Waals surface area contributed by atoms with Gasteiger partial charge in [-0.3, -0.25) is 5.10 Å². The molecule has 0 radical (unpaired) electrons. The minimum Gasteiger partial charge on any atom is -0.303 e. The van der Waals surface area contributed by atoms with Crippen molar-refractivity contribution in [1.29, 1.82) is 0 Å². The fourth-order valence-corrected chi connectivity index (χ4v) is 2.14. The van der Waals surface area contributed by atoms with Crippen LogP contribution in [0, 0.1) is 0 Å². The fraction of sp³-hybridized carbons (Fsp3) is 0.333. The van der Waals surface area contributed by atoms with Gasteiger partial charge in [-0.1, -0.05) is 12.1 Å². The highest BCUT2D eigenvalue weighted by molar-refractivity contribution is 8.00. The molecule has 1 atom stereocenters. The number of thioether (sulfide) groups is 1. The Balaban J connectivity index is 1.88. The third kappa shape index (κ3) is 4.53. The second-order valence-electron chi connectivity index (χ2n) is 4.17. The highest BCUT2D eigenvalue weighted by Gasteiger charge is 2.28. The lowest BCUT2D eigenvalue weighted by Gasteiger charge is -2.11. The van der Waals surface area contributed by atoms with Gasteiger partial charge in [0.2, 0.25) is 0 Å². The largest absolute Gasteiger partial charge is 0.446 e. The molecule has 4 nitrogen and oxygen atoms in total. The third-order valence-electron chi connectivity index (χ3n) is 2.61. The van der Waals surface area contributed by atoms with Crippen molar-refractivity contribution in [2.24, 2.45) is 0 Å². The molecule has 0 aliphatic rings. The zero-order chi connectivity index (χ0) is 14.6. The maximum atomic E-state index is 12.2. The van der Waals surface area contributed by atoms with Gasteiger partial charge in [-0.15, -0.1) is 0 Å². The second kappa shape index (κ2) is 6.27. The standard InChI is InChI=1S/C12H13F3N4S/c1-8(11-17-7-18-19-11)16-6-9-2-4-10(5-3-9)20-12(13,14)15/h2-5,7-8,16H,6H2,1H3,(H,17,18,19). The van der Waals surface area contributed by atoms with Crippen LogP contribution in [0.2, 0.25) is 0 Å². The Morgan fingerprint density at radius 3 is 2.55 bits per heavy atom. The van der Waals surface area contributed by atoms with Crippen molar-refractivity contribution < 1.29 is 13.2 Å². The molecular weight excluding hydrogens is 289 g/mol. The van der Waals surface area contributed by atoms with E-state index in [1.165, 1.54) is 18.5 Å². The number of benzene rings is 1. The van der Waals surface area contributed by atoms with E-state index < -0.39 is 5.51 Å². The lowest BCUT2D eigenvalue weighted by atomic mass is 10.2. The molecule has 1 unspecified atom stereocenters. The van der Waals surface area contributed by atoms with Crippen molar-refractivity contribution in [3.63, 3.8) is 0 Å². The lowest BCUT2D eigenvalue weighted by Crippen LogP contribution is -2.19. The molecule has 2 aromatic rings. The molecule has 1 heterocycles. The maximum Gasteiger partial charge on any atom is 0.446 e. The van der Waals surface area contributed by atoms with Crippen LogP contribution >= 0.6 is 11.8 Å². The smallest absolute Gasteiger partial charge is 0.303 e. The van der Waals surface area contributed by atoms with E-state index in [0.29, 0.717) is 12.4 Å². The van der Waals surface area contributed by atoms with E-state index in [-0.39, 0.29) is 22.7 Å². The van der Waals surface area contributed by atoms with Gasteiger partial charge in [0.15, 0.2) is 0 Å². The van der Waals surface area contributed by atoms with Gasteiger partial charge in [-0.2, -0.15) is 18.3 Å². The summed E-state index contributed by atoms with van der Waals surface area (Å²) in [7, 11) is 0. The van der Waals surface area contributed by atoms with Crippen LogP contribution < -0.4 is 5.32 Å². The van der Waals surface area contributed by atoms with Gasteiger partial charge in [0.05, 0.1) is 6.04 Å². The zero-order valence-electron chi connectivity index (χ0n) is 10.6. The molecule has 1 aromatic carbocycles. The number of nitrogens with zero attached hydrogens (tertiary/aromatic N) is 2. The highest BCUT2D eigenvalue weighted by atomic mass is 32.2. The Labute approximate surface area is 118 Å². The molecule has 20 heavy (non-hydrogen) atoms. The summed E-state index contributed by atoms with van der Waals surface area (Å²) in [6.07, 6.45) is 1.43. The maximum absolute atomic E-state index is 12.2. The molecule has 0 fully saturated rings. The lowest BCUT2D eigenvalue weighted by molar-refractivity contribution is -0.0328. The van der Waals surface area contributed by atoms with E-state index in [0.717, 1.165) is 5.56 Å². The molecule has 0 saturated heterocycles. The number of rotatable bonds is 5. The van der Waals surface area contributed by atoms with E-state index in [4.69, 9.17) is 0 Å². The first-order valence-corrected chi connectivity index (χ1v) is 6.69. The Kier molecular flexibility index (Phi) is 4.66. The monoisotopic (exact) mass is 302 g/mol. The number of aromatic nitrogens is 3. The summed E-state index contributed by atoms with van der Waals surface area (Å²) in [5, 5.41) is 9.72. The van der Waals surface area contributed by atoms with E-state index in [9.17, 15) is 13.2 Å². The molecular formula is C12H13F3N4S. The van der Waals surface area contributed by atoms with Crippen LogP contribution in [0.15, 0.2) is 35.5 Å². The molecule has 0 bridgehead atoms. The van der Waals surface area contributed by atoms with Crippen LogP contribution in [0.5, 0.6) is 0 Å². The summed E-state index contributed by atoms with van der Waals surface area (Å²) in [5.74, 6) is 0.717. The fourth-order valence-electron chi connectivity index (χ4n) is 1.60. The predicted octanol–water partition coefficient (Wildman–Crippen LogP) is 3.27. The molecule has 0 spiro atoms. The minimum absolute atomic E-state index is 0.0123. The van der Waals surface area contributed by atoms with Gasteiger partial charge >= 0.3 is 5.51 Å². The second-order valence-corrected chi connectivity index (χ2v) is 5.30. The summed E-state index contributed by atoms with van der Waals surface area (Å²) in [6.45, 7) is 2.47. The summed E-state index contributed by atoms with van der Waals surface area (Å²) in [4.78, 5) is 4.21. The quantitative estimate of drug-likeness (QED) is 0.832. The summed E-state index contributed by atoms with van der Waals surface area (Å²) in [5.41, 5.74) is -3.34. The normalized spacial score (nSPS) is 13.4. The topological polar surface area (TPSA) is 53.6 Å². The number of aromatic amines is 1. The molecule has 0 aliphatic carbocycles. The SMILES string of the molecule is CC(NCc1ccc(SC(F)(F)F)cc1)c1ncn[nH]1.